The Labute approximate surface area is 175 Å². The Morgan fingerprint density at radius 1 is 0.929 bits per heavy atom. The molecule has 0 fully saturated rings. The van der Waals surface area contributed by atoms with Crippen LogP contribution >= 0.6 is 34.8 Å². The van der Waals surface area contributed by atoms with Gasteiger partial charge in [-0.2, -0.15) is 5.10 Å². The van der Waals surface area contributed by atoms with Crippen LogP contribution in [-0.2, 0) is 0 Å². The Morgan fingerprint density at radius 2 is 1.61 bits per heavy atom. The monoisotopic (exact) mass is 437 g/mol. The van der Waals surface area contributed by atoms with Gasteiger partial charge in [-0.1, -0.05) is 34.8 Å². The van der Waals surface area contributed by atoms with E-state index in [1.54, 1.807) is 16.8 Å². The number of rotatable bonds is 3. The maximum Gasteiger partial charge on any atom is 0.289 e. The van der Waals surface area contributed by atoms with Crippen LogP contribution in [0, 0.1) is 13.8 Å². The zero-order valence-electron chi connectivity index (χ0n) is 14.8. The summed E-state index contributed by atoms with van der Waals surface area (Å²) >= 11 is 17.9. The molecule has 2 N–H and O–H groups in total. The first kappa shape index (κ1) is 20.1. The van der Waals surface area contributed by atoms with E-state index in [1.807, 2.05) is 19.9 Å². The number of benzene rings is 1. The number of pyridine rings is 1. The summed E-state index contributed by atoms with van der Waals surface area (Å²) in [5.74, 6) is -0.907. The summed E-state index contributed by atoms with van der Waals surface area (Å²) in [6.45, 7) is 3.72. The summed E-state index contributed by atoms with van der Waals surface area (Å²) < 4.78 is 1.59. The molecule has 2 heterocycles. The first-order valence-electron chi connectivity index (χ1n) is 8.02. The number of carbonyl (C=O) groups excluding carboxylic acids is 2. The van der Waals surface area contributed by atoms with Crippen LogP contribution in [0.15, 0.2) is 36.4 Å². The molecule has 0 saturated heterocycles. The number of aromatic nitrogens is 3. The summed E-state index contributed by atoms with van der Waals surface area (Å²) in [6.07, 6.45) is 0. The van der Waals surface area contributed by atoms with Crippen molar-refractivity contribution in [3.05, 3.63) is 74.1 Å². The van der Waals surface area contributed by atoms with Crippen LogP contribution in [0.2, 0.25) is 15.1 Å². The topological polar surface area (TPSA) is 88.9 Å². The van der Waals surface area contributed by atoms with Gasteiger partial charge in [0, 0.05) is 10.7 Å². The quantitative estimate of drug-likeness (QED) is 0.607. The molecule has 0 radical (unpaired) electrons. The van der Waals surface area contributed by atoms with Gasteiger partial charge in [-0.15, -0.1) is 0 Å². The minimum absolute atomic E-state index is 0.0655. The zero-order chi connectivity index (χ0) is 20.4. The molecule has 0 aliphatic carbocycles. The number of nitrogens with zero attached hydrogens (tertiary/aromatic N) is 3. The van der Waals surface area contributed by atoms with E-state index in [0.717, 1.165) is 11.4 Å². The van der Waals surface area contributed by atoms with Crippen LogP contribution in [0.5, 0.6) is 0 Å². The average Bonchev–Trinajstić information content (AvgIpc) is 3.00. The summed E-state index contributed by atoms with van der Waals surface area (Å²) in [5, 5.41) is 4.98. The van der Waals surface area contributed by atoms with Gasteiger partial charge in [0.1, 0.15) is 0 Å². The number of halogens is 3. The molecule has 144 valence electrons. The lowest BCUT2D eigenvalue weighted by Gasteiger charge is -2.11. The fourth-order valence-electron chi connectivity index (χ4n) is 2.48. The van der Waals surface area contributed by atoms with E-state index in [2.05, 4.69) is 20.9 Å². The van der Waals surface area contributed by atoms with Crippen LogP contribution in [-0.4, -0.2) is 26.6 Å². The molecule has 3 aromatic rings. The fraction of sp³-hybridized carbons (Fsp3) is 0.111. The third-order valence-corrected chi connectivity index (χ3v) is 4.61. The molecule has 0 unspecified atom stereocenters. The van der Waals surface area contributed by atoms with E-state index in [9.17, 15) is 9.59 Å². The standard InChI is InChI=1S/C18H14Cl3N5O2/c1-9-7-10(2)26(25-9)15-6-5-14(21)16(22-15)18(28)24-23-17(27)12-8-11(19)3-4-13(12)20/h3-8H,1-2H3,(H,23,27)(H,24,28). The first-order chi connectivity index (χ1) is 13.3. The Bertz CT molecular complexity index is 1080. The molecule has 3 rings (SSSR count). The highest BCUT2D eigenvalue weighted by molar-refractivity contribution is 6.36. The summed E-state index contributed by atoms with van der Waals surface area (Å²) in [5.41, 5.74) is 6.24. The second-order valence-electron chi connectivity index (χ2n) is 5.87. The van der Waals surface area contributed by atoms with Gasteiger partial charge in [-0.25, -0.2) is 9.67 Å². The van der Waals surface area contributed by atoms with Gasteiger partial charge in [0.15, 0.2) is 11.5 Å². The minimum atomic E-state index is -0.695. The van der Waals surface area contributed by atoms with Gasteiger partial charge < -0.3 is 0 Å². The third-order valence-electron chi connectivity index (χ3n) is 3.74. The maximum atomic E-state index is 12.5. The highest BCUT2D eigenvalue weighted by atomic mass is 35.5. The summed E-state index contributed by atoms with van der Waals surface area (Å²) in [7, 11) is 0. The van der Waals surface area contributed by atoms with Gasteiger partial charge in [-0.05, 0) is 50.2 Å². The minimum Gasteiger partial charge on any atom is -0.267 e. The maximum absolute atomic E-state index is 12.5. The number of carbonyl (C=O) groups is 2. The van der Waals surface area contributed by atoms with E-state index < -0.39 is 11.8 Å². The molecule has 0 saturated carbocycles. The van der Waals surface area contributed by atoms with Crippen LogP contribution in [0.4, 0.5) is 0 Å². The van der Waals surface area contributed by atoms with Gasteiger partial charge in [-0.3, -0.25) is 20.4 Å². The lowest BCUT2D eigenvalue weighted by molar-refractivity contribution is 0.0844. The Morgan fingerprint density at radius 3 is 2.29 bits per heavy atom. The van der Waals surface area contributed by atoms with E-state index in [1.165, 1.54) is 18.2 Å². The van der Waals surface area contributed by atoms with E-state index >= 15 is 0 Å². The molecule has 0 bridgehead atoms. The lowest BCUT2D eigenvalue weighted by Crippen LogP contribution is -2.42. The van der Waals surface area contributed by atoms with Crippen LogP contribution in [0.3, 0.4) is 0 Å². The van der Waals surface area contributed by atoms with Crippen molar-refractivity contribution < 1.29 is 9.59 Å². The van der Waals surface area contributed by atoms with Crippen molar-refractivity contribution in [3.63, 3.8) is 0 Å². The Hall–Kier alpha value is -2.61. The Balaban J connectivity index is 1.79. The van der Waals surface area contributed by atoms with Crippen LogP contribution in [0.25, 0.3) is 5.82 Å². The highest BCUT2D eigenvalue weighted by Gasteiger charge is 2.17. The number of nitrogens with one attached hydrogen (secondary N) is 2. The summed E-state index contributed by atoms with van der Waals surface area (Å²) in [6, 6.07) is 9.48. The van der Waals surface area contributed by atoms with Crippen molar-refractivity contribution in [1.82, 2.24) is 25.6 Å². The fourth-order valence-corrected chi connectivity index (χ4v) is 3.05. The van der Waals surface area contributed by atoms with Crippen molar-refractivity contribution in [2.75, 3.05) is 0 Å². The Kier molecular flexibility index (Phi) is 5.88. The number of aryl methyl sites for hydroxylation is 2. The molecular formula is C18H14Cl3N5O2. The predicted octanol–water partition coefficient (Wildman–Crippen LogP) is 3.92. The zero-order valence-corrected chi connectivity index (χ0v) is 17.0. The van der Waals surface area contributed by atoms with Gasteiger partial charge in [0.05, 0.1) is 21.3 Å². The molecule has 7 nitrogen and oxygen atoms in total. The van der Waals surface area contributed by atoms with E-state index in [-0.39, 0.29) is 21.3 Å². The molecule has 0 aliphatic rings. The van der Waals surface area contributed by atoms with E-state index in [0.29, 0.717) is 10.8 Å². The second kappa shape index (κ2) is 8.18. The molecule has 0 atom stereocenters. The van der Waals surface area contributed by atoms with Gasteiger partial charge in [0.2, 0.25) is 0 Å². The molecule has 2 aromatic heterocycles. The molecule has 0 spiro atoms. The first-order valence-corrected chi connectivity index (χ1v) is 9.15. The predicted molar refractivity (Wildman–Crippen MR) is 107 cm³/mol. The molecule has 1 aromatic carbocycles. The van der Waals surface area contributed by atoms with E-state index in [4.69, 9.17) is 34.8 Å². The third kappa shape index (κ3) is 4.27. The van der Waals surface area contributed by atoms with Crippen LogP contribution in [0.1, 0.15) is 32.2 Å². The second-order valence-corrected chi connectivity index (χ2v) is 7.12. The van der Waals surface area contributed by atoms with Crippen LogP contribution < -0.4 is 10.9 Å². The van der Waals surface area contributed by atoms with Gasteiger partial charge >= 0.3 is 0 Å². The molecular weight excluding hydrogens is 425 g/mol. The molecule has 2 amide bonds. The van der Waals surface area contributed by atoms with Crippen molar-refractivity contribution in [3.8, 4) is 5.82 Å². The van der Waals surface area contributed by atoms with Crippen molar-refractivity contribution in [1.29, 1.82) is 0 Å². The molecule has 10 heteroatoms. The number of hydrogen-bond donors (Lipinski definition) is 2. The smallest absolute Gasteiger partial charge is 0.267 e. The van der Waals surface area contributed by atoms with Crippen molar-refractivity contribution >= 4 is 46.6 Å². The van der Waals surface area contributed by atoms with Crippen molar-refractivity contribution in [2.45, 2.75) is 13.8 Å². The number of hydrogen-bond acceptors (Lipinski definition) is 4. The number of amides is 2. The SMILES string of the molecule is Cc1cc(C)n(-c2ccc(Cl)c(C(=O)NNC(=O)c3cc(Cl)ccc3Cl)n2)n1. The molecule has 0 aliphatic heterocycles. The highest BCUT2D eigenvalue weighted by Crippen LogP contribution is 2.20. The average molecular weight is 439 g/mol. The normalized spacial score (nSPS) is 10.6. The largest absolute Gasteiger partial charge is 0.289 e. The van der Waals surface area contributed by atoms with Gasteiger partial charge in [0.25, 0.3) is 11.8 Å². The lowest BCUT2D eigenvalue weighted by atomic mass is 10.2. The number of hydrazine groups is 1. The summed E-state index contributed by atoms with van der Waals surface area (Å²) in [4.78, 5) is 29.0. The molecule has 28 heavy (non-hydrogen) atoms. The van der Waals surface area contributed by atoms with Crippen molar-refractivity contribution in [2.24, 2.45) is 0 Å².